The first-order valence-corrected chi connectivity index (χ1v) is 8.83. The molecule has 0 radical (unpaired) electrons. The average molecular weight is 410 g/mol. The molecule has 1 fully saturated rings. The van der Waals surface area contributed by atoms with Gasteiger partial charge in [-0.1, -0.05) is 6.08 Å². The molecule has 0 aliphatic carbocycles. The van der Waals surface area contributed by atoms with Gasteiger partial charge >= 0.3 is 5.97 Å². The number of pyridine rings is 1. The molecule has 1 aromatic rings. The van der Waals surface area contributed by atoms with E-state index in [4.69, 9.17) is 4.74 Å². The van der Waals surface area contributed by atoms with Crippen LogP contribution < -0.4 is 10.6 Å². The van der Waals surface area contributed by atoms with E-state index in [2.05, 4.69) is 31.5 Å². The lowest BCUT2D eigenvalue weighted by molar-refractivity contribution is -0.137. The first kappa shape index (κ1) is 19.1. The zero-order valence-electron chi connectivity index (χ0n) is 13.8. The monoisotopic (exact) mass is 409 g/mol. The van der Waals surface area contributed by atoms with E-state index >= 15 is 0 Å². The van der Waals surface area contributed by atoms with Crippen molar-refractivity contribution in [2.45, 2.75) is 25.8 Å². The highest BCUT2D eigenvalue weighted by atomic mass is 79.9. The van der Waals surface area contributed by atoms with E-state index in [1.165, 1.54) is 12.3 Å². The molecule has 0 spiro atoms. The number of nitrogens with zero attached hydrogens (tertiary/aromatic N) is 1. The van der Waals surface area contributed by atoms with Crippen LogP contribution in [0.15, 0.2) is 35.1 Å². The maximum atomic E-state index is 12.4. The number of aromatic nitrogens is 1. The van der Waals surface area contributed by atoms with Crippen molar-refractivity contribution < 1.29 is 19.1 Å². The van der Waals surface area contributed by atoms with Crippen molar-refractivity contribution in [1.29, 1.82) is 0 Å². The van der Waals surface area contributed by atoms with Gasteiger partial charge in [-0.15, -0.1) is 0 Å². The van der Waals surface area contributed by atoms with Gasteiger partial charge in [0.1, 0.15) is 0 Å². The van der Waals surface area contributed by atoms with Gasteiger partial charge in [-0.3, -0.25) is 14.6 Å². The van der Waals surface area contributed by atoms with Crippen LogP contribution >= 0.6 is 15.9 Å². The van der Waals surface area contributed by atoms with Crippen molar-refractivity contribution in [3.05, 3.63) is 40.6 Å². The van der Waals surface area contributed by atoms with Gasteiger partial charge in [0.15, 0.2) is 0 Å². The van der Waals surface area contributed by atoms with Gasteiger partial charge in [-0.05, 0) is 41.8 Å². The van der Waals surface area contributed by atoms with Crippen molar-refractivity contribution in [3.63, 3.8) is 0 Å². The van der Waals surface area contributed by atoms with E-state index in [0.29, 0.717) is 29.4 Å². The quantitative estimate of drug-likeness (QED) is 0.526. The number of carbonyl (C=O) groups excluding carboxylic acids is 3. The summed E-state index contributed by atoms with van der Waals surface area (Å²) in [6.45, 7) is 2.62. The molecule has 1 unspecified atom stereocenters. The Balaban J connectivity index is 2.08. The largest absolute Gasteiger partial charge is 0.463 e. The predicted molar refractivity (Wildman–Crippen MR) is 94.7 cm³/mol. The second-order valence-electron chi connectivity index (χ2n) is 5.60. The van der Waals surface area contributed by atoms with Crippen LogP contribution in [0.1, 0.15) is 30.1 Å². The summed E-state index contributed by atoms with van der Waals surface area (Å²) in [5.41, 5.74) is 0.389. The van der Waals surface area contributed by atoms with Crippen molar-refractivity contribution >= 4 is 33.7 Å². The second-order valence-corrected chi connectivity index (χ2v) is 6.51. The van der Waals surface area contributed by atoms with Crippen LogP contribution in [0.4, 0.5) is 0 Å². The summed E-state index contributed by atoms with van der Waals surface area (Å²) >= 11 is 3.27. The summed E-state index contributed by atoms with van der Waals surface area (Å²) in [6.07, 6.45) is 6.99. The number of hydrogen-bond donors (Lipinski definition) is 2. The predicted octanol–water partition coefficient (Wildman–Crippen LogP) is 1.59. The van der Waals surface area contributed by atoms with Gasteiger partial charge < -0.3 is 15.4 Å². The third-order valence-corrected chi connectivity index (χ3v) is 4.17. The lowest BCUT2D eigenvalue weighted by Gasteiger charge is -2.18. The first-order valence-electron chi connectivity index (χ1n) is 8.03. The number of ether oxygens (including phenoxy) is 1. The standard InChI is InChI=1S/C17H20BrN3O4/c1-2-25-15(22)4-3-14(8-11-5-6-20-16(11)23)21-17(24)12-7-13(18)10-19-9-12/h3-4,7,9-11,14H,2,5-6,8H2,1H3,(H,20,23)(H,21,24)/b4-3+/t11-,14?/m0/s1. The van der Waals surface area contributed by atoms with Crippen molar-refractivity contribution in [2.24, 2.45) is 5.92 Å². The summed E-state index contributed by atoms with van der Waals surface area (Å²) < 4.78 is 5.54. The van der Waals surface area contributed by atoms with E-state index < -0.39 is 12.0 Å². The minimum Gasteiger partial charge on any atom is -0.463 e. The van der Waals surface area contributed by atoms with Crippen LogP contribution in [0, 0.1) is 5.92 Å². The molecule has 7 nitrogen and oxygen atoms in total. The SMILES string of the molecule is CCOC(=O)/C=C/C(C[C@@H]1CCNC1=O)NC(=O)c1cncc(Br)c1. The van der Waals surface area contributed by atoms with Crippen LogP contribution in [0.2, 0.25) is 0 Å². The van der Waals surface area contributed by atoms with Crippen LogP contribution in [-0.2, 0) is 14.3 Å². The summed E-state index contributed by atoms with van der Waals surface area (Å²) in [4.78, 5) is 39.7. The lowest BCUT2D eigenvalue weighted by Crippen LogP contribution is -2.36. The summed E-state index contributed by atoms with van der Waals surface area (Å²) in [7, 11) is 0. The Bertz CT molecular complexity index is 678. The van der Waals surface area contributed by atoms with Gasteiger partial charge in [0.25, 0.3) is 5.91 Å². The molecular weight excluding hydrogens is 390 g/mol. The third kappa shape index (κ3) is 5.97. The normalized spacial score (nSPS) is 18.0. The van der Waals surface area contributed by atoms with E-state index in [-0.39, 0.29) is 24.3 Å². The van der Waals surface area contributed by atoms with E-state index in [1.807, 2.05) is 0 Å². The Morgan fingerprint density at radius 3 is 2.96 bits per heavy atom. The average Bonchev–Trinajstić information content (AvgIpc) is 2.98. The number of amides is 2. The first-order chi connectivity index (χ1) is 12.0. The van der Waals surface area contributed by atoms with Crippen LogP contribution in [0.3, 0.4) is 0 Å². The molecule has 2 N–H and O–H groups in total. The maximum Gasteiger partial charge on any atom is 0.330 e. The van der Waals surface area contributed by atoms with Crippen molar-refractivity contribution in [3.8, 4) is 0 Å². The zero-order chi connectivity index (χ0) is 18.2. The van der Waals surface area contributed by atoms with Crippen LogP contribution in [0.5, 0.6) is 0 Å². The number of esters is 1. The van der Waals surface area contributed by atoms with Gasteiger partial charge in [-0.2, -0.15) is 0 Å². The minimum absolute atomic E-state index is 0.0343. The molecular formula is C17H20BrN3O4. The molecule has 1 aromatic heterocycles. The second kappa shape index (κ2) is 9.31. The van der Waals surface area contributed by atoms with Crippen LogP contribution in [0.25, 0.3) is 0 Å². The minimum atomic E-state index is -0.484. The van der Waals surface area contributed by atoms with Crippen molar-refractivity contribution in [1.82, 2.24) is 15.6 Å². The molecule has 0 saturated carbocycles. The highest BCUT2D eigenvalue weighted by molar-refractivity contribution is 9.10. The van der Waals surface area contributed by atoms with Crippen molar-refractivity contribution in [2.75, 3.05) is 13.2 Å². The fourth-order valence-electron chi connectivity index (χ4n) is 2.53. The van der Waals surface area contributed by atoms with Gasteiger partial charge in [-0.25, -0.2) is 4.79 Å². The molecule has 1 aliphatic rings. The lowest BCUT2D eigenvalue weighted by atomic mass is 9.97. The molecule has 2 rings (SSSR count). The Hall–Kier alpha value is -2.22. The molecule has 0 aromatic carbocycles. The summed E-state index contributed by atoms with van der Waals surface area (Å²) in [5, 5.41) is 5.60. The number of halogens is 1. The Morgan fingerprint density at radius 1 is 1.52 bits per heavy atom. The molecule has 2 heterocycles. The maximum absolute atomic E-state index is 12.4. The van der Waals surface area contributed by atoms with E-state index in [1.54, 1.807) is 25.3 Å². The zero-order valence-corrected chi connectivity index (χ0v) is 15.4. The molecule has 2 atom stereocenters. The molecule has 25 heavy (non-hydrogen) atoms. The topological polar surface area (TPSA) is 97.4 Å². The molecule has 134 valence electrons. The number of nitrogens with one attached hydrogen (secondary N) is 2. The molecule has 1 saturated heterocycles. The number of rotatable bonds is 7. The Morgan fingerprint density at radius 2 is 2.32 bits per heavy atom. The Labute approximate surface area is 154 Å². The van der Waals surface area contributed by atoms with Gasteiger partial charge in [0.05, 0.1) is 12.2 Å². The van der Waals surface area contributed by atoms with E-state index in [9.17, 15) is 14.4 Å². The van der Waals surface area contributed by atoms with Gasteiger partial charge in [0.2, 0.25) is 5.91 Å². The Kier molecular flexibility index (Phi) is 7.12. The molecule has 8 heteroatoms. The summed E-state index contributed by atoms with van der Waals surface area (Å²) in [6, 6.07) is 1.18. The molecule has 1 aliphatic heterocycles. The van der Waals surface area contributed by atoms with E-state index in [0.717, 1.165) is 0 Å². The third-order valence-electron chi connectivity index (χ3n) is 3.74. The summed E-state index contributed by atoms with van der Waals surface area (Å²) in [5.74, 6) is -1.04. The fraction of sp³-hybridized carbons (Fsp3) is 0.412. The van der Waals surface area contributed by atoms with Crippen LogP contribution in [-0.4, -0.2) is 42.0 Å². The molecule has 2 amide bonds. The smallest absolute Gasteiger partial charge is 0.330 e. The number of carbonyl (C=O) groups is 3. The molecule has 0 bridgehead atoms. The fourth-order valence-corrected chi connectivity index (χ4v) is 2.90. The number of hydrogen-bond acceptors (Lipinski definition) is 5. The highest BCUT2D eigenvalue weighted by Gasteiger charge is 2.27. The van der Waals surface area contributed by atoms with Gasteiger partial charge in [0, 0.05) is 41.4 Å². The highest BCUT2D eigenvalue weighted by Crippen LogP contribution is 2.17.